The van der Waals surface area contributed by atoms with Gasteiger partial charge in [0.1, 0.15) is 5.75 Å². The lowest BCUT2D eigenvalue weighted by atomic mass is 9.84. The van der Waals surface area contributed by atoms with E-state index < -0.39 is 5.41 Å². The summed E-state index contributed by atoms with van der Waals surface area (Å²) < 4.78 is 0.826. The van der Waals surface area contributed by atoms with Gasteiger partial charge in [0.2, 0.25) is 0 Å². The Kier molecular flexibility index (Phi) is 4.03. The normalized spacial score (nSPS) is 11.9. The minimum atomic E-state index is -0.494. The van der Waals surface area contributed by atoms with E-state index in [9.17, 15) is 9.90 Å². The molecule has 0 bridgehead atoms. The van der Waals surface area contributed by atoms with E-state index in [1.807, 2.05) is 40.7 Å². The molecule has 0 aliphatic rings. The van der Waals surface area contributed by atoms with Gasteiger partial charge in [-0.2, -0.15) is 0 Å². The molecule has 0 aliphatic heterocycles. The zero-order valence-corrected chi connectivity index (χ0v) is 12.6. The van der Waals surface area contributed by atoms with Gasteiger partial charge >= 0.3 is 0 Å². The van der Waals surface area contributed by atoms with E-state index in [4.69, 9.17) is 0 Å². The van der Waals surface area contributed by atoms with E-state index in [0.717, 1.165) is 10.0 Å². The van der Waals surface area contributed by atoms with Crippen molar-refractivity contribution in [3.05, 3.63) is 27.7 Å². The predicted octanol–water partition coefficient (Wildman–Crippen LogP) is 4.51. The molecule has 0 saturated carbocycles. The lowest BCUT2D eigenvalue weighted by molar-refractivity contribution is 0.0855. The van der Waals surface area contributed by atoms with Crippen molar-refractivity contribution < 1.29 is 9.90 Å². The van der Waals surface area contributed by atoms with E-state index in [1.54, 1.807) is 6.07 Å². The molecular weight excluding hydrogens is 280 g/mol. The second-order valence-corrected chi connectivity index (χ2v) is 6.54. The van der Waals surface area contributed by atoms with E-state index in [0.29, 0.717) is 5.56 Å². The monoisotopic (exact) mass is 298 g/mol. The highest BCUT2D eigenvalue weighted by Crippen LogP contribution is 2.35. The Bertz CT molecular complexity index is 442. The molecule has 0 amide bonds. The van der Waals surface area contributed by atoms with Crippen LogP contribution in [0.3, 0.4) is 0 Å². The number of ketones is 1. The van der Waals surface area contributed by atoms with Crippen LogP contribution in [-0.2, 0) is 0 Å². The van der Waals surface area contributed by atoms with Crippen LogP contribution in [0.1, 0.15) is 56.5 Å². The van der Waals surface area contributed by atoms with Crippen LogP contribution in [0.2, 0.25) is 0 Å². The number of carbonyl (C=O) groups excluding carboxylic acids is 1. The van der Waals surface area contributed by atoms with Gasteiger partial charge in [0, 0.05) is 9.89 Å². The van der Waals surface area contributed by atoms with Gasteiger partial charge in [0.05, 0.1) is 5.56 Å². The smallest absolute Gasteiger partial charge is 0.171 e. The second-order valence-electron chi connectivity index (χ2n) is 5.63. The molecule has 0 atom stereocenters. The third-order valence-electron chi connectivity index (χ3n) is 2.65. The summed E-state index contributed by atoms with van der Waals surface area (Å²) in [5.74, 6) is 0.250. The number of aromatic hydroxyl groups is 1. The summed E-state index contributed by atoms with van der Waals surface area (Å²) in [6.07, 6.45) is 0. The number of phenols is 1. The Labute approximate surface area is 111 Å². The molecule has 0 fully saturated rings. The van der Waals surface area contributed by atoms with Crippen molar-refractivity contribution in [1.82, 2.24) is 0 Å². The van der Waals surface area contributed by atoms with Crippen molar-refractivity contribution in [2.45, 2.75) is 40.5 Å². The Balaban J connectivity index is 3.40. The number of rotatable bonds is 2. The number of carbonyl (C=O) groups is 1. The molecule has 3 heteroatoms. The van der Waals surface area contributed by atoms with Crippen LogP contribution >= 0.6 is 15.9 Å². The summed E-state index contributed by atoms with van der Waals surface area (Å²) in [6, 6.07) is 3.55. The molecule has 0 aliphatic carbocycles. The largest absolute Gasteiger partial charge is 0.507 e. The highest BCUT2D eigenvalue weighted by molar-refractivity contribution is 9.10. The predicted molar refractivity (Wildman–Crippen MR) is 73.7 cm³/mol. The molecule has 94 valence electrons. The molecule has 0 heterocycles. The first-order chi connectivity index (χ1) is 7.64. The van der Waals surface area contributed by atoms with Crippen LogP contribution in [0.5, 0.6) is 5.75 Å². The zero-order valence-electron chi connectivity index (χ0n) is 11.0. The van der Waals surface area contributed by atoms with Crippen molar-refractivity contribution in [3.8, 4) is 5.75 Å². The van der Waals surface area contributed by atoms with Crippen LogP contribution in [0, 0.1) is 5.41 Å². The van der Waals surface area contributed by atoms with Gasteiger partial charge in [-0.05, 0) is 23.6 Å². The van der Waals surface area contributed by atoms with Gasteiger partial charge in [-0.1, -0.05) is 50.5 Å². The zero-order chi connectivity index (χ0) is 13.4. The SMILES string of the molecule is CC(C)c1cc(Br)cc(C(=O)C(C)(C)C)c1O. The quantitative estimate of drug-likeness (QED) is 0.816. The average molecular weight is 299 g/mol. The average Bonchev–Trinajstić information content (AvgIpc) is 2.18. The lowest BCUT2D eigenvalue weighted by Gasteiger charge is -2.20. The molecule has 1 aromatic rings. The van der Waals surface area contributed by atoms with Gasteiger partial charge in [-0.15, -0.1) is 0 Å². The van der Waals surface area contributed by atoms with Gasteiger partial charge < -0.3 is 5.11 Å². The summed E-state index contributed by atoms with van der Waals surface area (Å²) in [7, 11) is 0. The molecule has 0 unspecified atom stereocenters. The number of hydrogen-bond acceptors (Lipinski definition) is 2. The number of halogens is 1. The molecule has 0 radical (unpaired) electrons. The molecule has 17 heavy (non-hydrogen) atoms. The summed E-state index contributed by atoms with van der Waals surface area (Å²) >= 11 is 3.39. The highest BCUT2D eigenvalue weighted by Gasteiger charge is 2.27. The Hall–Kier alpha value is -0.830. The minimum Gasteiger partial charge on any atom is -0.507 e. The number of phenolic OH excluding ortho intramolecular Hbond substituents is 1. The maximum atomic E-state index is 12.2. The summed E-state index contributed by atoms with van der Waals surface area (Å²) in [5.41, 5.74) is 0.703. The first kappa shape index (κ1) is 14.2. The first-order valence-corrected chi connectivity index (χ1v) is 6.51. The summed E-state index contributed by atoms with van der Waals surface area (Å²) in [6.45, 7) is 9.54. The Morgan fingerprint density at radius 3 is 2.24 bits per heavy atom. The maximum Gasteiger partial charge on any atom is 0.171 e. The van der Waals surface area contributed by atoms with Crippen LogP contribution < -0.4 is 0 Å². The molecule has 1 aromatic carbocycles. The van der Waals surface area contributed by atoms with Gasteiger partial charge in [0.15, 0.2) is 5.78 Å². The van der Waals surface area contributed by atoms with Crippen molar-refractivity contribution >= 4 is 21.7 Å². The van der Waals surface area contributed by atoms with E-state index in [-0.39, 0.29) is 17.5 Å². The number of hydrogen-bond donors (Lipinski definition) is 1. The maximum absolute atomic E-state index is 12.2. The molecule has 0 spiro atoms. The third-order valence-corrected chi connectivity index (χ3v) is 3.11. The van der Waals surface area contributed by atoms with Crippen LogP contribution in [-0.4, -0.2) is 10.9 Å². The molecule has 0 saturated heterocycles. The fourth-order valence-electron chi connectivity index (χ4n) is 1.64. The fraction of sp³-hybridized carbons (Fsp3) is 0.500. The lowest BCUT2D eigenvalue weighted by Crippen LogP contribution is -2.20. The Morgan fingerprint density at radius 1 is 1.29 bits per heavy atom. The van der Waals surface area contributed by atoms with Crippen molar-refractivity contribution in [3.63, 3.8) is 0 Å². The molecule has 1 N–H and O–H groups in total. The molecular formula is C14H19BrO2. The van der Waals surface area contributed by atoms with Gasteiger partial charge in [0.25, 0.3) is 0 Å². The third kappa shape index (κ3) is 3.09. The first-order valence-electron chi connectivity index (χ1n) is 5.71. The van der Waals surface area contributed by atoms with Crippen LogP contribution in [0.15, 0.2) is 16.6 Å². The van der Waals surface area contributed by atoms with Crippen molar-refractivity contribution in [2.75, 3.05) is 0 Å². The van der Waals surface area contributed by atoms with E-state index >= 15 is 0 Å². The minimum absolute atomic E-state index is 0.0433. The van der Waals surface area contributed by atoms with Crippen LogP contribution in [0.4, 0.5) is 0 Å². The standard InChI is InChI=1S/C14H19BrO2/c1-8(2)10-6-9(15)7-11(12(10)16)13(17)14(3,4)5/h6-8,16H,1-5H3. The topological polar surface area (TPSA) is 37.3 Å². The summed E-state index contributed by atoms with van der Waals surface area (Å²) in [5, 5.41) is 10.2. The molecule has 2 nitrogen and oxygen atoms in total. The highest BCUT2D eigenvalue weighted by atomic mass is 79.9. The van der Waals surface area contributed by atoms with Crippen molar-refractivity contribution in [2.24, 2.45) is 5.41 Å². The van der Waals surface area contributed by atoms with Gasteiger partial charge in [-0.25, -0.2) is 0 Å². The summed E-state index contributed by atoms with van der Waals surface area (Å²) in [4.78, 5) is 12.2. The van der Waals surface area contributed by atoms with E-state index in [1.165, 1.54) is 0 Å². The fourth-order valence-corrected chi connectivity index (χ4v) is 2.11. The molecule has 0 aromatic heterocycles. The van der Waals surface area contributed by atoms with Gasteiger partial charge in [-0.3, -0.25) is 4.79 Å². The second kappa shape index (κ2) is 4.81. The number of benzene rings is 1. The van der Waals surface area contributed by atoms with E-state index in [2.05, 4.69) is 15.9 Å². The Morgan fingerprint density at radius 2 is 1.82 bits per heavy atom. The molecule has 1 rings (SSSR count). The van der Waals surface area contributed by atoms with Crippen molar-refractivity contribution in [1.29, 1.82) is 0 Å². The van der Waals surface area contributed by atoms with Crippen LogP contribution in [0.25, 0.3) is 0 Å². The number of Topliss-reactive ketones (excluding diaryl/α,β-unsaturated/α-hetero) is 1.